The SMILES string of the molecule is CNC(c1ccc2cccnc2c1)c1sccc1OC. The molecule has 0 saturated heterocycles. The summed E-state index contributed by atoms with van der Waals surface area (Å²) in [4.78, 5) is 5.61. The molecule has 1 atom stereocenters. The number of ether oxygens (including phenoxy) is 1. The molecule has 0 aliphatic heterocycles. The van der Waals surface area contributed by atoms with Gasteiger partial charge in [-0.2, -0.15) is 0 Å². The molecular formula is C16H16N2OS. The van der Waals surface area contributed by atoms with E-state index in [2.05, 4.69) is 39.9 Å². The van der Waals surface area contributed by atoms with Crippen molar-refractivity contribution in [3.8, 4) is 5.75 Å². The number of thiophene rings is 1. The van der Waals surface area contributed by atoms with Crippen molar-refractivity contribution in [1.82, 2.24) is 10.3 Å². The minimum Gasteiger partial charge on any atom is -0.496 e. The van der Waals surface area contributed by atoms with Crippen LogP contribution in [0.3, 0.4) is 0 Å². The molecule has 0 bridgehead atoms. The first kappa shape index (κ1) is 13.1. The van der Waals surface area contributed by atoms with Crippen molar-refractivity contribution >= 4 is 22.2 Å². The van der Waals surface area contributed by atoms with E-state index in [4.69, 9.17) is 4.74 Å². The highest BCUT2D eigenvalue weighted by Crippen LogP contribution is 2.35. The van der Waals surface area contributed by atoms with Crippen molar-refractivity contribution in [2.24, 2.45) is 0 Å². The zero-order valence-corrected chi connectivity index (χ0v) is 12.3. The average Bonchev–Trinajstić information content (AvgIpc) is 2.96. The standard InChI is InChI=1S/C16H16N2OS/c1-17-15(16-14(19-2)7-9-20-16)12-6-5-11-4-3-8-18-13(11)10-12/h3-10,15,17H,1-2H3. The molecule has 0 radical (unpaired) electrons. The van der Waals surface area contributed by atoms with Gasteiger partial charge in [0.1, 0.15) is 5.75 Å². The van der Waals surface area contributed by atoms with Crippen LogP contribution in [0.5, 0.6) is 5.75 Å². The molecule has 2 heterocycles. The molecule has 3 aromatic rings. The molecule has 1 aromatic carbocycles. The minimum atomic E-state index is 0.122. The van der Waals surface area contributed by atoms with Crippen LogP contribution in [-0.4, -0.2) is 19.1 Å². The maximum Gasteiger partial charge on any atom is 0.134 e. The highest BCUT2D eigenvalue weighted by Gasteiger charge is 2.18. The maximum absolute atomic E-state index is 5.43. The Morgan fingerprint density at radius 2 is 2.15 bits per heavy atom. The van der Waals surface area contributed by atoms with Crippen LogP contribution in [0.25, 0.3) is 10.9 Å². The molecule has 2 aromatic heterocycles. The second-order valence-electron chi connectivity index (χ2n) is 4.53. The Hall–Kier alpha value is -1.91. The summed E-state index contributed by atoms with van der Waals surface area (Å²) in [7, 11) is 3.67. The number of hydrogen-bond acceptors (Lipinski definition) is 4. The predicted octanol–water partition coefficient (Wildman–Crippen LogP) is 3.61. The molecule has 0 aliphatic carbocycles. The number of aromatic nitrogens is 1. The van der Waals surface area contributed by atoms with Gasteiger partial charge < -0.3 is 10.1 Å². The molecule has 3 nitrogen and oxygen atoms in total. The Bertz CT molecular complexity index is 723. The van der Waals surface area contributed by atoms with E-state index in [0.717, 1.165) is 16.7 Å². The summed E-state index contributed by atoms with van der Waals surface area (Å²) in [5.41, 5.74) is 2.21. The number of methoxy groups -OCH3 is 1. The van der Waals surface area contributed by atoms with Gasteiger partial charge in [-0.05, 0) is 36.2 Å². The topological polar surface area (TPSA) is 34.2 Å². The highest BCUT2D eigenvalue weighted by molar-refractivity contribution is 7.10. The third-order valence-corrected chi connectivity index (χ3v) is 4.35. The summed E-state index contributed by atoms with van der Waals surface area (Å²) in [6.07, 6.45) is 1.83. The molecule has 1 unspecified atom stereocenters. The third-order valence-electron chi connectivity index (χ3n) is 3.39. The molecular weight excluding hydrogens is 268 g/mol. The zero-order chi connectivity index (χ0) is 13.9. The van der Waals surface area contributed by atoms with Crippen LogP contribution in [0.4, 0.5) is 0 Å². The van der Waals surface area contributed by atoms with E-state index in [0.29, 0.717) is 0 Å². The molecule has 0 aliphatic rings. The Kier molecular flexibility index (Phi) is 3.67. The number of hydrogen-bond donors (Lipinski definition) is 1. The second-order valence-corrected chi connectivity index (χ2v) is 5.48. The lowest BCUT2D eigenvalue weighted by molar-refractivity contribution is 0.409. The van der Waals surface area contributed by atoms with E-state index in [9.17, 15) is 0 Å². The molecule has 20 heavy (non-hydrogen) atoms. The van der Waals surface area contributed by atoms with Crippen LogP contribution in [0.2, 0.25) is 0 Å². The average molecular weight is 284 g/mol. The molecule has 4 heteroatoms. The fraction of sp³-hybridized carbons (Fsp3) is 0.188. The van der Waals surface area contributed by atoms with E-state index >= 15 is 0 Å². The van der Waals surface area contributed by atoms with Crippen molar-refractivity contribution in [3.05, 3.63) is 58.4 Å². The van der Waals surface area contributed by atoms with Gasteiger partial charge in [-0.3, -0.25) is 4.98 Å². The third kappa shape index (κ3) is 2.28. The van der Waals surface area contributed by atoms with E-state index < -0.39 is 0 Å². The van der Waals surface area contributed by atoms with Crippen molar-refractivity contribution < 1.29 is 4.74 Å². The van der Waals surface area contributed by atoms with Crippen LogP contribution < -0.4 is 10.1 Å². The largest absolute Gasteiger partial charge is 0.496 e. The van der Waals surface area contributed by atoms with Gasteiger partial charge in [0, 0.05) is 11.6 Å². The minimum absolute atomic E-state index is 0.122. The Labute approximate surface area is 122 Å². The molecule has 1 N–H and O–H groups in total. The maximum atomic E-state index is 5.43. The van der Waals surface area contributed by atoms with Gasteiger partial charge in [-0.25, -0.2) is 0 Å². The quantitative estimate of drug-likeness (QED) is 0.794. The first-order valence-electron chi connectivity index (χ1n) is 6.47. The summed E-state index contributed by atoms with van der Waals surface area (Å²) >= 11 is 1.70. The van der Waals surface area contributed by atoms with Crippen LogP contribution in [-0.2, 0) is 0 Å². The highest BCUT2D eigenvalue weighted by atomic mass is 32.1. The van der Waals surface area contributed by atoms with Crippen LogP contribution in [0.1, 0.15) is 16.5 Å². The van der Waals surface area contributed by atoms with Gasteiger partial charge >= 0.3 is 0 Å². The molecule has 0 amide bonds. The van der Waals surface area contributed by atoms with Gasteiger partial charge in [-0.1, -0.05) is 18.2 Å². The zero-order valence-electron chi connectivity index (χ0n) is 11.5. The van der Waals surface area contributed by atoms with Crippen LogP contribution in [0.15, 0.2) is 48.0 Å². The number of benzene rings is 1. The monoisotopic (exact) mass is 284 g/mol. The first-order chi connectivity index (χ1) is 9.83. The molecule has 0 fully saturated rings. The number of nitrogens with one attached hydrogen (secondary N) is 1. The summed E-state index contributed by atoms with van der Waals surface area (Å²) < 4.78 is 5.43. The van der Waals surface area contributed by atoms with Crippen molar-refractivity contribution in [2.45, 2.75) is 6.04 Å². The van der Waals surface area contributed by atoms with Gasteiger partial charge in [-0.15, -0.1) is 11.3 Å². The number of pyridine rings is 1. The van der Waals surface area contributed by atoms with E-state index in [1.54, 1.807) is 18.4 Å². The Balaban J connectivity index is 2.07. The number of nitrogens with zero attached hydrogens (tertiary/aromatic N) is 1. The molecule has 0 spiro atoms. The summed E-state index contributed by atoms with van der Waals surface area (Å²) in [6.45, 7) is 0. The van der Waals surface area contributed by atoms with Crippen LogP contribution in [0, 0.1) is 0 Å². The summed E-state index contributed by atoms with van der Waals surface area (Å²) in [5.74, 6) is 0.926. The second kappa shape index (κ2) is 5.61. The Morgan fingerprint density at radius 1 is 1.25 bits per heavy atom. The number of rotatable bonds is 4. The summed E-state index contributed by atoms with van der Waals surface area (Å²) in [6, 6.07) is 12.6. The lowest BCUT2D eigenvalue weighted by atomic mass is 10.0. The lowest BCUT2D eigenvalue weighted by Gasteiger charge is -2.17. The van der Waals surface area contributed by atoms with Gasteiger partial charge in [0.05, 0.1) is 23.5 Å². The Morgan fingerprint density at radius 3 is 2.95 bits per heavy atom. The van der Waals surface area contributed by atoms with Crippen molar-refractivity contribution in [2.75, 3.05) is 14.2 Å². The van der Waals surface area contributed by atoms with Gasteiger partial charge in [0.2, 0.25) is 0 Å². The molecule has 102 valence electrons. The first-order valence-corrected chi connectivity index (χ1v) is 7.35. The normalized spacial score (nSPS) is 12.5. The van der Waals surface area contributed by atoms with E-state index in [1.165, 1.54) is 10.4 Å². The molecule has 3 rings (SSSR count). The van der Waals surface area contributed by atoms with Crippen molar-refractivity contribution in [3.63, 3.8) is 0 Å². The van der Waals surface area contributed by atoms with Gasteiger partial charge in [0.15, 0.2) is 0 Å². The summed E-state index contributed by atoms with van der Waals surface area (Å²) in [5, 5.41) is 6.57. The fourth-order valence-corrected chi connectivity index (χ4v) is 3.40. The molecule has 0 saturated carbocycles. The fourth-order valence-electron chi connectivity index (χ4n) is 2.40. The number of fused-ring (bicyclic) bond motifs is 1. The van der Waals surface area contributed by atoms with E-state index in [1.807, 2.05) is 25.4 Å². The smallest absolute Gasteiger partial charge is 0.134 e. The van der Waals surface area contributed by atoms with Crippen LogP contribution >= 0.6 is 11.3 Å². The van der Waals surface area contributed by atoms with Gasteiger partial charge in [0.25, 0.3) is 0 Å². The predicted molar refractivity (Wildman–Crippen MR) is 83.5 cm³/mol. The van der Waals surface area contributed by atoms with Crippen molar-refractivity contribution in [1.29, 1.82) is 0 Å². The lowest BCUT2D eigenvalue weighted by Crippen LogP contribution is -2.17. The van der Waals surface area contributed by atoms with E-state index in [-0.39, 0.29) is 6.04 Å².